The Kier molecular flexibility index (Phi) is 4.64. The van der Waals surface area contributed by atoms with Gasteiger partial charge in [-0.05, 0) is 35.8 Å². The lowest BCUT2D eigenvalue weighted by Gasteiger charge is -2.29. The molecule has 0 fully saturated rings. The maximum atomic E-state index is 13.4. The molecule has 0 aliphatic carbocycles. The van der Waals surface area contributed by atoms with Crippen LogP contribution in [0, 0.1) is 5.82 Å². The number of aliphatic hydroxyl groups excluding tert-OH is 1. The number of hydrogen-bond acceptors (Lipinski definition) is 4. The third-order valence-corrected chi connectivity index (χ3v) is 5.92. The van der Waals surface area contributed by atoms with E-state index in [4.69, 9.17) is 4.74 Å². The van der Waals surface area contributed by atoms with E-state index >= 15 is 0 Å². The lowest BCUT2D eigenvalue weighted by Crippen LogP contribution is -2.38. The lowest BCUT2D eigenvalue weighted by molar-refractivity contribution is 0.136. The highest BCUT2D eigenvalue weighted by atomic mass is 79.9. The molecule has 1 atom stereocenters. The summed E-state index contributed by atoms with van der Waals surface area (Å²) in [6.45, 7) is 2.81. The Morgan fingerprint density at radius 3 is 2.37 bits per heavy atom. The van der Waals surface area contributed by atoms with Crippen LogP contribution in [0.3, 0.4) is 0 Å². The van der Waals surface area contributed by atoms with Crippen LogP contribution in [0.1, 0.15) is 25.5 Å². The third-order valence-electron chi connectivity index (χ3n) is 3.18. The van der Waals surface area contributed by atoms with E-state index in [2.05, 4.69) is 15.9 Å². The molecule has 0 spiro atoms. The molecule has 1 N–H and O–H groups in total. The number of ether oxygens (including phenoxy) is 1. The van der Waals surface area contributed by atoms with E-state index in [0.29, 0.717) is 0 Å². The molecule has 0 saturated carbocycles. The molecule has 1 rings (SSSR count). The van der Waals surface area contributed by atoms with E-state index in [1.165, 1.54) is 27.0 Å². The number of methoxy groups -OCH3 is 1. The van der Waals surface area contributed by atoms with Crippen LogP contribution in [0.5, 0.6) is 5.75 Å². The number of sulfone groups is 1. The fraction of sp³-hybridized carbons (Fsp3) is 0.500. The zero-order valence-electron chi connectivity index (χ0n) is 11.1. The highest BCUT2D eigenvalue weighted by molar-refractivity contribution is 9.10. The fourth-order valence-electron chi connectivity index (χ4n) is 1.51. The minimum atomic E-state index is -3.51. The topological polar surface area (TPSA) is 63.6 Å². The molecular formula is C12H16BrFO4S. The quantitative estimate of drug-likeness (QED) is 0.901. The summed E-state index contributed by atoms with van der Waals surface area (Å²) < 4.78 is 40.6. The van der Waals surface area contributed by atoms with Gasteiger partial charge in [0.15, 0.2) is 9.84 Å². The number of hydrogen-bond donors (Lipinski definition) is 1. The van der Waals surface area contributed by atoms with Crippen molar-refractivity contribution in [3.63, 3.8) is 0 Å². The van der Waals surface area contributed by atoms with Crippen LogP contribution in [0.4, 0.5) is 4.39 Å². The molecular weight excluding hydrogens is 339 g/mol. The molecule has 0 bridgehead atoms. The lowest BCUT2D eigenvalue weighted by atomic mass is 9.97. The van der Waals surface area contributed by atoms with Crippen LogP contribution in [0.2, 0.25) is 0 Å². The van der Waals surface area contributed by atoms with Crippen molar-refractivity contribution in [3.05, 3.63) is 28.0 Å². The molecule has 19 heavy (non-hydrogen) atoms. The van der Waals surface area contributed by atoms with Crippen LogP contribution < -0.4 is 4.74 Å². The van der Waals surface area contributed by atoms with Gasteiger partial charge < -0.3 is 9.84 Å². The van der Waals surface area contributed by atoms with E-state index < -0.39 is 26.5 Å². The van der Waals surface area contributed by atoms with Crippen molar-refractivity contribution in [2.45, 2.75) is 24.7 Å². The molecule has 1 aromatic rings. The summed E-state index contributed by atoms with van der Waals surface area (Å²) in [7, 11) is -2.19. The summed E-state index contributed by atoms with van der Waals surface area (Å²) in [6.07, 6.45) is -0.296. The summed E-state index contributed by atoms with van der Waals surface area (Å²) in [6, 6.07) is 2.42. The van der Waals surface area contributed by atoms with Crippen LogP contribution in [-0.4, -0.2) is 31.6 Å². The molecule has 0 aliphatic rings. The van der Waals surface area contributed by atoms with Crippen LogP contribution in [0.15, 0.2) is 16.6 Å². The number of benzene rings is 1. The molecule has 0 heterocycles. The first-order chi connectivity index (χ1) is 8.52. The summed E-state index contributed by atoms with van der Waals surface area (Å²) in [5.74, 6) is -0.449. The van der Waals surface area contributed by atoms with E-state index in [9.17, 15) is 17.9 Å². The van der Waals surface area contributed by atoms with Crippen LogP contribution >= 0.6 is 15.9 Å². The zero-order chi connectivity index (χ0) is 15.0. The maximum absolute atomic E-state index is 13.4. The van der Waals surface area contributed by atoms with Gasteiger partial charge in [0, 0.05) is 17.9 Å². The number of halogens is 2. The Morgan fingerprint density at radius 2 is 1.95 bits per heavy atom. The monoisotopic (exact) mass is 354 g/mol. The second-order valence-corrected chi connectivity index (χ2v) is 8.24. The Balaban J connectivity index is 3.42. The van der Waals surface area contributed by atoms with E-state index in [-0.39, 0.29) is 15.8 Å². The molecule has 0 radical (unpaired) electrons. The number of aliphatic hydroxyl groups is 1. The van der Waals surface area contributed by atoms with Crippen molar-refractivity contribution in [3.8, 4) is 5.75 Å². The van der Waals surface area contributed by atoms with Crippen molar-refractivity contribution < 1.29 is 22.7 Å². The molecule has 1 aromatic carbocycles. The summed E-state index contributed by atoms with van der Waals surface area (Å²) in [5.41, 5.74) is 0.214. The molecule has 0 amide bonds. The van der Waals surface area contributed by atoms with Gasteiger partial charge in [0.1, 0.15) is 17.7 Å². The van der Waals surface area contributed by atoms with Gasteiger partial charge in [0.2, 0.25) is 0 Å². The molecule has 108 valence electrons. The largest absolute Gasteiger partial charge is 0.496 e. The summed E-state index contributed by atoms with van der Waals surface area (Å²) in [4.78, 5) is 0. The van der Waals surface area contributed by atoms with E-state index in [1.807, 2.05) is 0 Å². The minimum absolute atomic E-state index is 0.102. The van der Waals surface area contributed by atoms with Gasteiger partial charge >= 0.3 is 0 Å². The van der Waals surface area contributed by atoms with Crippen LogP contribution in [0.25, 0.3) is 0 Å². The van der Waals surface area contributed by atoms with Gasteiger partial charge in [-0.25, -0.2) is 12.8 Å². The van der Waals surface area contributed by atoms with Crippen LogP contribution in [-0.2, 0) is 9.84 Å². The first-order valence-corrected chi connectivity index (χ1v) is 8.11. The first-order valence-electron chi connectivity index (χ1n) is 5.43. The molecule has 0 aromatic heterocycles. The molecule has 4 nitrogen and oxygen atoms in total. The van der Waals surface area contributed by atoms with Gasteiger partial charge in [-0.2, -0.15) is 0 Å². The molecule has 1 unspecified atom stereocenters. The van der Waals surface area contributed by atoms with Gasteiger partial charge in [-0.1, -0.05) is 0 Å². The number of rotatable bonds is 4. The average Bonchev–Trinajstić information content (AvgIpc) is 2.29. The minimum Gasteiger partial charge on any atom is -0.496 e. The Morgan fingerprint density at radius 1 is 1.42 bits per heavy atom. The van der Waals surface area contributed by atoms with Crippen molar-refractivity contribution in [1.29, 1.82) is 0 Å². The van der Waals surface area contributed by atoms with Gasteiger partial charge in [0.05, 0.1) is 16.3 Å². The highest BCUT2D eigenvalue weighted by Gasteiger charge is 2.40. The van der Waals surface area contributed by atoms with Crippen molar-refractivity contribution >= 4 is 25.8 Å². The van der Waals surface area contributed by atoms with Crippen molar-refractivity contribution in [2.24, 2.45) is 0 Å². The fourth-order valence-corrected chi connectivity index (χ4v) is 2.41. The Bertz CT molecular complexity index is 584. The van der Waals surface area contributed by atoms with Gasteiger partial charge in [-0.3, -0.25) is 0 Å². The molecule has 7 heteroatoms. The average molecular weight is 355 g/mol. The third kappa shape index (κ3) is 3.09. The normalized spacial score (nSPS) is 14.3. The summed E-state index contributed by atoms with van der Waals surface area (Å²) in [5, 5.41) is 10.3. The zero-order valence-corrected chi connectivity index (χ0v) is 13.5. The Hall–Kier alpha value is -0.660. The first kappa shape index (κ1) is 16.4. The SMILES string of the molecule is COc1cc(F)c(Br)cc1C(O)C(C)(C)S(C)(=O)=O. The Labute approximate surface area is 120 Å². The second-order valence-electron chi connectivity index (χ2n) is 4.79. The van der Waals surface area contributed by atoms with Gasteiger partial charge in [-0.15, -0.1) is 0 Å². The smallest absolute Gasteiger partial charge is 0.155 e. The van der Waals surface area contributed by atoms with E-state index in [1.54, 1.807) is 0 Å². The van der Waals surface area contributed by atoms with Gasteiger partial charge in [0.25, 0.3) is 0 Å². The second kappa shape index (κ2) is 5.38. The molecule has 0 saturated heterocycles. The van der Waals surface area contributed by atoms with E-state index in [0.717, 1.165) is 12.3 Å². The highest BCUT2D eigenvalue weighted by Crippen LogP contribution is 2.38. The molecule has 0 aliphatic heterocycles. The standard InChI is InChI=1S/C12H16BrFO4S/c1-12(2,19(4,16)17)11(15)7-5-8(13)9(14)6-10(7)18-3/h5-6,11,15H,1-4H3. The predicted molar refractivity (Wildman–Crippen MR) is 74.5 cm³/mol. The maximum Gasteiger partial charge on any atom is 0.155 e. The predicted octanol–water partition coefficient (Wildman–Crippen LogP) is 2.45. The van der Waals surface area contributed by atoms with Crippen molar-refractivity contribution in [1.82, 2.24) is 0 Å². The van der Waals surface area contributed by atoms with Crippen molar-refractivity contribution in [2.75, 3.05) is 13.4 Å². The summed E-state index contributed by atoms with van der Waals surface area (Å²) >= 11 is 3.00.